The lowest BCUT2D eigenvalue weighted by Gasteiger charge is -2.32. The number of nitrogens with zero attached hydrogens (tertiary/aromatic N) is 3. The molecule has 2 aromatic carbocycles. The second-order valence-corrected chi connectivity index (χ2v) is 6.63. The van der Waals surface area contributed by atoms with Crippen molar-refractivity contribution in [2.24, 2.45) is 0 Å². The molecule has 0 spiro atoms. The molecule has 132 valence electrons. The average molecular weight is 370 g/mol. The van der Waals surface area contributed by atoms with E-state index in [-0.39, 0.29) is 6.54 Å². The highest BCUT2D eigenvalue weighted by Gasteiger charge is 2.55. The minimum atomic E-state index is -1.15. The Labute approximate surface area is 155 Å². The maximum Gasteiger partial charge on any atom is 0.510 e. The normalized spacial score (nSPS) is 22.1. The number of aromatic nitrogens is 3. The van der Waals surface area contributed by atoms with Gasteiger partial charge in [-0.1, -0.05) is 59.6 Å². The molecule has 0 aliphatic carbocycles. The van der Waals surface area contributed by atoms with Crippen LogP contribution in [-0.4, -0.2) is 20.9 Å². The molecule has 1 fully saturated rings. The van der Waals surface area contributed by atoms with Gasteiger partial charge in [0.1, 0.15) is 12.7 Å². The Bertz CT molecular complexity index is 927. The van der Waals surface area contributed by atoms with Crippen LogP contribution in [0.3, 0.4) is 0 Å². The predicted octanol–water partition coefficient (Wildman–Crippen LogP) is 4.04. The third kappa shape index (κ3) is 2.82. The number of carbonyl (C=O) groups excluding carboxylic acids is 1. The van der Waals surface area contributed by atoms with Crippen molar-refractivity contribution in [1.82, 2.24) is 14.8 Å². The van der Waals surface area contributed by atoms with Gasteiger partial charge in [-0.3, -0.25) is 0 Å². The molecule has 2 unspecified atom stereocenters. The van der Waals surface area contributed by atoms with E-state index >= 15 is 0 Å². The van der Waals surface area contributed by atoms with Gasteiger partial charge in [-0.25, -0.2) is 14.5 Å². The van der Waals surface area contributed by atoms with Crippen molar-refractivity contribution in [2.75, 3.05) is 0 Å². The van der Waals surface area contributed by atoms with Gasteiger partial charge >= 0.3 is 6.16 Å². The molecule has 0 bridgehead atoms. The molecule has 0 radical (unpaired) electrons. The number of hydrogen-bond acceptors (Lipinski definition) is 5. The number of cyclic esters (lactones) is 2. The summed E-state index contributed by atoms with van der Waals surface area (Å²) in [6, 6.07) is 15.1. The van der Waals surface area contributed by atoms with Crippen molar-refractivity contribution in [3.8, 4) is 0 Å². The van der Waals surface area contributed by atoms with Crippen LogP contribution in [0.4, 0.5) is 4.79 Å². The Morgan fingerprint density at radius 2 is 1.96 bits per heavy atom. The molecule has 0 saturated carbocycles. The second kappa shape index (κ2) is 6.46. The van der Waals surface area contributed by atoms with E-state index in [2.05, 4.69) is 10.1 Å². The summed E-state index contributed by atoms with van der Waals surface area (Å²) in [5.41, 5.74) is 1.44. The van der Waals surface area contributed by atoms with Gasteiger partial charge in [0.2, 0.25) is 5.60 Å². The Balaban J connectivity index is 1.88. The van der Waals surface area contributed by atoms with E-state index in [0.717, 1.165) is 11.1 Å². The molecule has 1 aliphatic rings. The van der Waals surface area contributed by atoms with Crippen LogP contribution in [0.15, 0.2) is 61.2 Å². The fourth-order valence-corrected chi connectivity index (χ4v) is 3.55. The van der Waals surface area contributed by atoms with Crippen molar-refractivity contribution in [3.05, 3.63) is 82.9 Å². The summed E-state index contributed by atoms with van der Waals surface area (Å²) in [6.07, 6.45) is 1.59. The molecule has 26 heavy (non-hydrogen) atoms. The monoisotopic (exact) mass is 369 g/mol. The lowest BCUT2D eigenvalue weighted by molar-refractivity contribution is 0.00364. The summed E-state index contributed by atoms with van der Waals surface area (Å²) in [4.78, 5) is 16.2. The maximum absolute atomic E-state index is 12.2. The highest BCUT2D eigenvalue weighted by Crippen LogP contribution is 2.49. The molecule has 7 heteroatoms. The summed E-state index contributed by atoms with van der Waals surface area (Å²) in [6.45, 7) is 2.22. The third-order valence-electron chi connectivity index (χ3n) is 4.48. The van der Waals surface area contributed by atoms with Crippen molar-refractivity contribution >= 4 is 17.8 Å². The fraction of sp³-hybridized carbons (Fsp3) is 0.211. The third-order valence-corrected chi connectivity index (χ3v) is 4.81. The number of benzene rings is 2. The highest BCUT2D eigenvalue weighted by atomic mass is 35.5. The first-order valence-electron chi connectivity index (χ1n) is 8.12. The molecule has 1 aromatic heterocycles. The molecular weight excluding hydrogens is 354 g/mol. The largest absolute Gasteiger partial charge is 0.510 e. The quantitative estimate of drug-likeness (QED) is 0.649. The van der Waals surface area contributed by atoms with Crippen molar-refractivity contribution in [2.45, 2.75) is 25.2 Å². The Hall–Kier alpha value is -2.86. The first-order valence-corrected chi connectivity index (χ1v) is 8.50. The van der Waals surface area contributed by atoms with Crippen LogP contribution in [0.1, 0.15) is 22.8 Å². The maximum atomic E-state index is 12.2. The van der Waals surface area contributed by atoms with Crippen LogP contribution in [0.2, 0.25) is 5.02 Å². The summed E-state index contributed by atoms with van der Waals surface area (Å²) in [5.74, 6) is 0. The number of rotatable bonds is 4. The molecule has 3 aromatic rings. The van der Waals surface area contributed by atoms with Crippen molar-refractivity contribution < 1.29 is 14.3 Å². The minimum Gasteiger partial charge on any atom is -0.421 e. The first-order chi connectivity index (χ1) is 12.6. The summed E-state index contributed by atoms with van der Waals surface area (Å²) in [5, 5.41) is 4.65. The summed E-state index contributed by atoms with van der Waals surface area (Å²) in [7, 11) is 0. The van der Waals surface area contributed by atoms with Crippen molar-refractivity contribution in [3.63, 3.8) is 0 Å². The zero-order chi connectivity index (χ0) is 18.1. The van der Waals surface area contributed by atoms with E-state index in [4.69, 9.17) is 21.1 Å². The van der Waals surface area contributed by atoms with Gasteiger partial charge in [-0.05, 0) is 18.6 Å². The van der Waals surface area contributed by atoms with Gasteiger partial charge in [0.15, 0.2) is 6.10 Å². The van der Waals surface area contributed by atoms with E-state index in [1.165, 1.54) is 6.33 Å². The van der Waals surface area contributed by atoms with E-state index in [9.17, 15) is 4.79 Å². The molecule has 0 amide bonds. The smallest absolute Gasteiger partial charge is 0.421 e. The molecule has 2 atom stereocenters. The molecule has 0 N–H and O–H groups in total. The zero-order valence-corrected chi connectivity index (χ0v) is 14.8. The second-order valence-electron chi connectivity index (χ2n) is 6.22. The van der Waals surface area contributed by atoms with Gasteiger partial charge in [0, 0.05) is 10.6 Å². The van der Waals surface area contributed by atoms with Crippen molar-refractivity contribution in [1.29, 1.82) is 0 Å². The van der Waals surface area contributed by atoms with Crippen LogP contribution in [-0.2, 0) is 21.6 Å². The lowest BCUT2D eigenvalue weighted by atomic mass is 9.84. The number of halogens is 1. The SMILES string of the molecule is Cc1ccc(C2OC(=O)OC2(Cn2cncn2)c2ccccc2Cl)cc1. The molecular formula is C19H16ClN3O3. The van der Waals surface area contributed by atoms with E-state index < -0.39 is 17.9 Å². The number of aryl methyl sites for hydroxylation is 1. The van der Waals surface area contributed by atoms with Crippen LogP contribution in [0.25, 0.3) is 0 Å². The highest BCUT2D eigenvalue weighted by molar-refractivity contribution is 6.31. The van der Waals surface area contributed by atoms with Crippen LogP contribution >= 0.6 is 11.6 Å². The fourth-order valence-electron chi connectivity index (χ4n) is 3.25. The number of hydrogen-bond donors (Lipinski definition) is 0. The van der Waals surface area contributed by atoms with Gasteiger partial charge < -0.3 is 9.47 Å². The summed E-state index contributed by atoms with van der Waals surface area (Å²) >= 11 is 6.47. The molecule has 6 nitrogen and oxygen atoms in total. The van der Waals surface area contributed by atoms with Gasteiger partial charge in [-0.15, -0.1) is 0 Å². The molecule has 1 aliphatic heterocycles. The predicted molar refractivity (Wildman–Crippen MR) is 94.6 cm³/mol. The Morgan fingerprint density at radius 1 is 1.19 bits per heavy atom. The number of ether oxygens (including phenoxy) is 2. The summed E-state index contributed by atoms with van der Waals surface area (Å²) < 4.78 is 12.9. The van der Waals surface area contributed by atoms with E-state index in [0.29, 0.717) is 10.6 Å². The van der Waals surface area contributed by atoms with Gasteiger partial charge in [0.05, 0.1) is 6.54 Å². The van der Waals surface area contributed by atoms with E-state index in [1.807, 2.05) is 49.4 Å². The van der Waals surface area contributed by atoms with Crippen LogP contribution < -0.4 is 0 Å². The first kappa shape index (κ1) is 16.6. The van der Waals surface area contributed by atoms with Gasteiger partial charge in [-0.2, -0.15) is 5.10 Å². The standard InChI is InChI=1S/C19H16ClN3O3/c1-13-6-8-14(9-7-13)17-19(26-18(24)25-17,10-23-12-21-11-22-23)15-4-2-3-5-16(15)20/h2-9,11-12,17H,10H2,1H3. The van der Waals surface area contributed by atoms with Gasteiger partial charge in [0.25, 0.3) is 0 Å². The van der Waals surface area contributed by atoms with Crippen LogP contribution in [0.5, 0.6) is 0 Å². The van der Waals surface area contributed by atoms with E-state index in [1.54, 1.807) is 17.1 Å². The molecule has 1 saturated heterocycles. The topological polar surface area (TPSA) is 66.2 Å². The van der Waals surface area contributed by atoms with Crippen LogP contribution in [0, 0.1) is 6.92 Å². The number of carbonyl (C=O) groups is 1. The lowest BCUT2D eigenvalue weighted by Crippen LogP contribution is -2.37. The Kier molecular flexibility index (Phi) is 4.12. The Morgan fingerprint density at radius 3 is 2.65 bits per heavy atom. The average Bonchev–Trinajstić information content (AvgIpc) is 3.24. The molecule has 2 heterocycles. The minimum absolute atomic E-state index is 0.223. The zero-order valence-electron chi connectivity index (χ0n) is 14.0. The molecule has 4 rings (SSSR count).